The minimum Gasteiger partial charge on any atom is -0.309 e. The second-order valence-corrected chi connectivity index (χ2v) is 6.02. The molecule has 0 bridgehead atoms. The standard InChI is InChI=1S/C16H16ClF2NS/c1-2-20-15(11-7-12(18)9-13(19)8-11)10-21-16-6-4-3-5-14(16)17/h3-9,15,20H,2,10H2,1H3. The van der Waals surface area contributed by atoms with Crippen LogP contribution in [0.3, 0.4) is 0 Å². The molecule has 0 aromatic heterocycles. The van der Waals surface area contributed by atoms with E-state index in [1.807, 2.05) is 31.2 Å². The first kappa shape index (κ1) is 16.3. The van der Waals surface area contributed by atoms with Gasteiger partial charge in [0.15, 0.2) is 0 Å². The molecule has 1 atom stereocenters. The number of benzene rings is 2. The van der Waals surface area contributed by atoms with Gasteiger partial charge in [0.25, 0.3) is 0 Å². The summed E-state index contributed by atoms with van der Waals surface area (Å²) in [5.74, 6) is -0.480. The van der Waals surface area contributed by atoms with E-state index >= 15 is 0 Å². The molecule has 0 heterocycles. The molecule has 0 saturated carbocycles. The lowest BCUT2D eigenvalue weighted by atomic mass is 10.1. The number of thioether (sulfide) groups is 1. The zero-order valence-electron chi connectivity index (χ0n) is 11.6. The van der Waals surface area contributed by atoms with Gasteiger partial charge in [-0.2, -0.15) is 0 Å². The number of nitrogens with one attached hydrogen (secondary N) is 1. The van der Waals surface area contributed by atoms with Gasteiger partial charge >= 0.3 is 0 Å². The molecular formula is C16H16ClF2NS. The first-order valence-corrected chi connectivity index (χ1v) is 8.03. The first-order chi connectivity index (χ1) is 10.1. The van der Waals surface area contributed by atoms with E-state index < -0.39 is 11.6 Å². The summed E-state index contributed by atoms with van der Waals surface area (Å²) in [6.07, 6.45) is 0. The van der Waals surface area contributed by atoms with Gasteiger partial charge in [0, 0.05) is 22.8 Å². The predicted octanol–water partition coefficient (Wildman–Crippen LogP) is 5.06. The molecule has 0 spiro atoms. The fourth-order valence-corrected chi connectivity index (χ4v) is 3.37. The Bertz CT molecular complexity index is 586. The van der Waals surface area contributed by atoms with Crippen LogP contribution in [0.15, 0.2) is 47.4 Å². The van der Waals surface area contributed by atoms with Gasteiger partial charge in [0.1, 0.15) is 11.6 Å². The Labute approximate surface area is 132 Å². The Morgan fingerprint density at radius 2 is 1.81 bits per heavy atom. The zero-order chi connectivity index (χ0) is 15.2. The molecule has 112 valence electrons. The fraction of sp³-hybridized carbons (Fsp3) is 0.250. The van der Waals surface area contributed by atoms with Crippen molar-refractivity contribution < 1.29 is 8.78 Å². The first-order valence-electron chi connectivity index (χ1n) is 6.67. The lowest BCUT2D eigenvalue weighted by Gasteiger charge is -2.18. The molecule has 1 nitrogen and oxygen atoms in total. The summed E-state index contributed by atoms with van der Waals surface area (Å²) in [5.41, 5.74) is 0.605. The van der Waals surface area contributed by atoms with Crippen molar-refractivity contribution in [3.05, 3.63) is 64.7 Å². The van der Waals surface area contributed by atoms with Crippen LogP contribution in [0.4, 0.5) is 8.78 Å². The van der Waals surface area contributed by atoms with E-state index in [1.165, 1.54) is 12.1 Å². The highest BCUT2D eigenvalue weighted by atomic mass is 35.5. The average Bonchev–Trinajstić information content (AvgIpc) is 2.44. The molecular weight excluding hydrogens is 312 g/mol. The van der Waals surface area contributed by atoms with E-state index in [4.69, 9.17) is 11.6 Å². The quantitative estimate of drug-likeness (QED) is 0.744. The third kappa shape index (κ3) is 4.70. The highest BCUT2D eigenvalue weighted by Crippen LogP contribution is 2.30. The monoisotopic (exact) mass is 327 g/mol. The highest BCUT2D eigenvalue weighted by molar-refractivity contribution is 7.99. The van der Waals surface area contributed by atoms with Gasteiger partial charge in [-0.3, -0.25) is 0 Å². The minimum absolute atomic E-state index is 0.138. The lowest BCUT2D eigenvalue weighted by molar-refractivity contribution is 0.558. The third-order valence-corrected chi connectivity index (χ3v) is 4.59. The SMILES string of the molecule is CCNC(CSc1ccccc1Cl)c1cc(F)cc(F)c1. The summed E-state index contributed by atoms with van der Waals surface area (Å²) >= 11 is 7.68. The Balaban J connectivity index is 2.14. The van der Waals surface area contributed by atoms with Crippen molar-refractivity contribution in [3.8, 4) is 0 Å². The molecule has 1 unspecified atom stereocenters. The van der Waals surface area contributed by atoms with Crippen LogP contribution in [0.25, 0.3) is 0 Å². The van der Waals surface area contributed by atoms with Crippen LogP contribution < -0.4 is 5.32 Å². The second-order valence-electron chi connectivity index (χ2n) is 4.55. The number of hydrogen-bond donors (Lipinski definition) is 1. The summed E-state index contributed by atoms with van der Waals surface area (Å²) < 4.78 is 26.7. The van der Waals surface area contributed by atoms with Gasteiger partial charge in [0.05, 0.1) is 5.02 Å². The van der Waals surface area contributed by atoms with Crippen LogP contribution in [0, 0.1) is 11.6 Å². The van der Waals surface area contributed by atoms with Gasteiger partial charge in [0.2, 0.25) is 0 Å². The lowest BCUT2D eigenvalue weighted by Crippen LogP contribution is -2.23. The van der Waals surface area contributed by atoms with Gasteiger partial charge in [-0.1, -0.05) is 30.7 Å². The van der Waals surface area contributed by atoms with E-state index in [-0.39, 0.29) is 6.04 Å². The average molecular weight is 328 g/mol. The van der Waals surface area contributed by atoms with Crippen molar-refractivity contribution in [2.45, 2.75) is 17.9 Å². The smallest absolute Gasteiger partial charge is 0.126 e. The van der Waals surface area contributed by atoms with Crippen LogP contribution >= 0.6 is 23.4 Å². The normalized spacial score (nSPS) is 12.4. The van der Waals surface area contributed by atoms with Crippen molar-refractivity contribution in [3.63, 3.8) is 0 Å². The molecule has 2 aromatic rings. The van der Waals surface area contributed by atoms with Gasteiger partial charge in [-0.15, -0.1) is 11.8 Å². The Kier molecular flexibility index (Phi) is 6.03. The van der Waals surface area contributed by atoms with Crippen LogP contribution in [-0.4, -0.2) is 12.3 Å². The summed E-state index contributed by atoms with van der Waals surface area (Å²) in [6, 6.07) is 11.0. The largest absolute Gasteiger partial charge is 0.309 e. The Hall–Kier alpha value is -1.10. The van der Waals surface area contributed by atoms with Crippen molar-refractivity contribution in [1.82, 2.24) is 5.32 Å². The van der Waals surface area contributed by atoms with Crippen LogP contribution in [0.1, 0.15) is 18.5 Å². The summed E-state index contributed by atoms with van der Waals surface area (Å²) in [6.45, 7) is 2.68. The molecule has 5 heteroatoms. The molecule has 21 heavy (non-hydrogen) atoms. The molecule has 2 rings (SSSR count). The molecule has 2 aromatic carbocycles. The van der Waals surface area contributed by atoms with Crippen LogP contribution in [0.5, 0.6) is 0 Å². The molecule has 0 radical (unpaired) electrons. The van der Waals surface area contributed by atoms with Gasteiger partial charge < -0.3 is 5.32 Å². The van der Waals surface area contributed by atoms with Gasteiger partial charge in [-0.05, 0) is 36.4 Å². The van der Waals surface area contributed by atoms with Crippen molar-refractivity contribution >= 4 is 23.4 Å². The van der Waals surface area contributed by atoms with E-state index in [1.54, 1.807) is 11.8 Å². The molecule has 1 N–H and O–H groups in total. The van der Waals surface area contributed by atoms with E-state index in [0.717, 1.165) is 11.0 Å². The molecule has 0 aliphatic carbocycles. The highest BCUT2D eigenvalue weighted by Gasteiger charge is 2.14. The number of rotatable bonds is 6. The van der Waals surface area contributed by atoms with Crippen molar-refractivity contribution in [1.29, 1.82) is 0 Å². The summed E-state index contributed by atoms with van der Waals surface area (Å²) in [5, 5.41) is 3.93. The maximum atomic E-state index is 13.4. The van der Waals surface area contributed by atoms with E-state index in [2.05, 4.69) is 5.32 Å². The Morgan fingerprint density at radius 3 is 2.43 bits per heavy atom. The molecule has 0 aliphatic rings. The number of hydrogen-bond acceptors (Lipinski definition) is 2. The van der Waals surface area contributed by atoms with Crippen molar-refractivity contribution in [2.24, 2.45) is 0 Å². The maximum Gasteiger partial charge on any atom is 0.126 e. The predicted molar refractivity (Wildman–Crippen MR) is 85.0 cm³/mol. The van der Waals surface area contributed by atoms with Crippen LogP contribution in [-0.2, 0) is 0 Å². The molecule has 0 fully saturated rings. The second kappa shape index (κ2) is 7.78. The van der Waals surface area contributed by atoms with Gasteiger partial charge in [-0.25, -0.2) is 8.78 Å². The number of halogens is 3. The minimum atomic E-state index is -0.560. The fourth-order valence-electron chi connectivity index (χ4n) is 2.03. The summed E-state index contributed by atoms with van der Waals surface area (Å²) in [7, 11) is 0. The van der Waals surface area contributed by atoms with E-state index in [9.17, 15) is 8.78 Å². The third-order valence-electron chi connectivity index (χ3n) is 2.98. The molecule has 0 aliphatic heterocycles. The summed E-state index contributed by atoms with van der Waals surface area (Å²) in [4.78, 5) is 0.957. The topological polar surface area (TPSA) is 12.0 Å². The molecule has 0 amide bonds. The molecule has 0 saturated heterocycles. The van der Waals surface area contributed by atoms with Crippen molar-refractivity contribution in [2.75, 3.05) is 12.3 Å². The maximum absolute atomic E-state index is 13.4. The van der Waals surface area contributed by atoms with Crippen LogP contribution in [0.2, 0.25) is 5.02 Å². The van der Waals surface area contributed by atoms with E-state index in [0.29, 0.717) is 22.9 Å². The Morgan fingerprint density at radius 1 is 1.14 bits per heavy atom. The zero-order valence-corrected chi connectivity index (χ0v) is 13.1.